The zero-order valence-corrected chi connectivity index (χ0v) is 20.0. The molecule has 0 aromatic heterocycles. The molecule has 2 rings (SSSR count). The van der Waals surface area contributed by atoms with E-state index < -0.39 is 6.04 Å². The Kier molecular flexibility index (Phi) is 10.7. The van der Waals surface area contributed by atoms with Gasteiger partial charge in [0.05, 0.1) is 12.9 Å². The molecular formula is C24H31ClN2O3S. The van der Waals surface area contributed by atoms with Crippen molar-refractivity contribution in [2.24, 2.45) is 0 Å². The van der Waals surface area contributed by atoms with E-state index in [0.29, 0.717) is 29.6 Å². The number of ether oxygens (including phenoxy) is 1. The lowest BCUT2D eigenvalue weighted by atomic mass is 10.1. The molecule has 0 heterocycles. The predicted molar refractivity (Wildman–Crippen MR) is 129 cm³/mol. The maximum absolute atomic E-state index is 13.1. The minimum Gasteiger partial charge on any atom is -0.497 e. The van der Waals surface area contributed by atoms with Gasteiger partial charge < -0.3 is 15.0 Å². The maximum Gasteiger partial charge on any atom is 0.242 e. The molecule has 0 aliphatic carbocycles. The standard InChI is InChI=1S/C24H31ClN2O3S/c1-4-5-14-26-24(29)18(2)27(15-19-8-12-22(30-3)13-9-19)23(28)17-31-16-20-6-10-21(25)11-7-20/h6-13,18H,4-5,14-17H2,1-3H3,(H,26,29)/t18-/m1/s1. The number of hydrogen-bond donors (Lipinski definition) is 1. The Hall–Kier alpha value is -2.18. The number of carbonyl (C=O) groups excluding carboxylic acids is 2. The molecule has 0 aliphatic heterocycles. The molecule has 0 unspecified atom stereocenters. The number of halogens is 1. The number of benzene rings is 2. The molecule has 0 fully saturated rings. The fraction of sp³-hybridized carbons (Fsp3) is 0.417. The number of rotatable bonds is 12. The zero-order valence-electron chi connectivity index (χ0n) is 18.4. The highest BCUT2D eigenvalue weighted by Gasteiger charge is 2.25. The monoisotopic (exact) mass is 462 g/mol. The molecule has 2 amide bonds. The average Bonchev–Trinajstić information content (AvgIpc) is 2.78. The zero-order chi connectivity index (χ0) is 22.6. The van der Waals surface area contributed by atoms with Crippen molar-refractivity contribution in [1.29, 1.82) is 0 Å². The lowest BCUT2D eigenvalue weighted by Crippen LogP contribution is -2.48. The summed E-state index contributed by atoms with van der Waals surface area (Å²) in [6, 6.07) is 14.6. The molecule has 7 heteroatoms. The van der Waals surface area contributed by atoms with Crippen LogP contribution in [0.15, 0.2) is 48.5 Å². The lowest BCUT2D eigenvalue weighted by Gasteiger charge is -2.29. The normalized spacial score (nSPS) is 11.6. The first-order chi connectivity index (χ1) is 14.9. The molecule has 0 radical (unpaired) electrons. The van der Waals surface area contributed by atoms with Crippen LogP contribution in [0.5, 0.6) is 5.75 Å². The molecule has 31 heavy (non-hydrogen) atoms. The highest BCUT2D eigenvalue weighted by Crippen LogP contribution is 2.19. The number of thioether (sulfide) groups is 1. The highest BCUT2D eigenvalue weighted by atomic mass is 35.5. The minimum absolute atomic E-state index is 0.0621. The summed E-state index contributed by atoms with van der Waals surface area (Å²) in [6.45, 7) is 4.85. The van der Waals surface area contributed by atoms with Crippen LogP contribution in [0.25, 0.3) is 0 Å². The number of hydrogen-bond acceptors (Lipinski definition) is 4. The summed E-state index contributed by atoms with van der Waals surface area (Å²) >= 11 is 7.46. The topological polar surface area (TPSA) is 58.6 Å². The second-order valence-electron chi connectivity index (χ2n) is 7.31. The quantitative estimate of drug-likeness (QED) is 0.455. The Bertz CT molecular complexity index is 828. The van der Waals surface area contributed by atoms with Crippen molar-refractivity contribution in [3.63, 3.8) is 0 Å². The predicted octanol–water partition coefficient (Wildman–Crippen LogP) is 4.92. The van der Waals surface area contributed by atoms with Crippen molar-refractivity contribution in [2.75, 3.05) is 19.4 Å². The van der Waals surface area contributed by atoms with E-state index in [1.807, 2.05) is 48.5 Å². The van der Waals surface area contributed by atoms with Crippen molar-refractivity contribution in [3.05, 3.63) is 64.7 Å². The molecule has 0 saturated carbocycles. The fourth-order valence-electron chi connectivity index (χ4n) is 2.97. The van der Waals surface area contributed by atoms with Crippen molar-refractivity contribution in [3.8, 4) is 5.75 Å². The number of carbonyl (C=O) groups is 2. The summed E-state index contributed by atoms with van der Waals surface area (Å²) in [5.74, 6) is 1.57. The van der Waals surface area contributed by atoms with Gasteiger partial charge in [0.15, 0.2) is 0 Å². The summed E-state index contributed by atoms with van der Waals surface area (Å²) < 4.78 is 5.21. The molecule has 5 nitrogen and oxygen atoms in total. The minimum atomic E-state index is -0.553. The highest BCUT2D eigenvalue weighted by molar-refractivity contribution is 7.99. The van der Waals surface area contributed by atoms with Gasteiger partial charge in [0.25, 0.3) is 0 Å². The van der Waals surface area contributed by atoms with Crippen molar-refractivity contribution < 1.29 is 14.3 Å². The van der Waals surface area contributed by atoms with Crippen LogP contribution in [0.4, 0.5) is 0 Å². The van der Waals surface area contributed by atoms with E-state index in [-0.39, 0.29) is 11.8 Å². The van der Waals surface area contributed by atoms with Crippen LogP contribution >= 0.6 is 23.4 Å². The molecule has 168 valence electrons. The second-order valence-corrected chi connectivity index (χ2v) is 8.73. The number of nitrogens with zero attached hydrogens (tertiary/aromatic N) is 1. The molecule has 0 bridgehead atoms. The van der Waals surface area contributed by atoms with Gasteiger partial charge >= 0.3 is 0 Å². The third-order valence-electron chi connectivity index (χ3n) is 4.92. The van der Waals surface area contributed by atoms with Crippen LogP contribution in [0, 0.1) is 0 Å². The van der Waals surface area contributed by atoms with E-state index in [1.165, 1.54) is 11.8 Å². The Labute approximate surface area is 194 Å². The van der Waals surface area contributed by atoms with Crippen molar-refractivity contribution in [1.82, 2.24) is 10.2 Å². The van der Waals surface area contributed by atoms with E-state index >= 15 is 0 Å². The van der Waals surface area contributed by atoms with E-state index in [1.54, 1.807) is 18.9 Å². The van der Waals surface area contributed by atoms with Crippen LogP contribution in [-0.4, -0.2) is 42.2 Å². The van der Waals surface area contributed by atoms with Gasteiger partial charge in [-0.1, -0.05) is 49.2 Å². The smallest absolute Gasteiger partial charge is 0.242 e. The Morgan fingerprint density at radius 1 is 1.10 bits per heavy atom. The van der Waals surface area contributed by atoms with Crippen LogP contribution in [-0.2, 0) is 21.9 Å². The Balaban J connectivity index is 2.03. The molecule has 0 saturated heterocycles. The third-order valence-corrected chi connectivity index (χ3v) is 6.16. The summed E-state index contributed by atoms with van der Waals surface area (Å²) in [4.78, 5) is 27.4. The van der Waals surface area contributed by atoms with Crippen LogP contribution in [0.3, 0.4) is 0 Å². The van der Waals surface area contributed by atoms with Crippen LogP contribution in [0.1, 0.15) is 37.8 Å². The van der Waals surface area contributed by atoms with E-state index in [2.05, 4.69) is 12.2 Å². The van der Waals surface area contributed by atoms with Gasteiger partial charge in [-0.05, 0) is 48.7 Å². The molecule has 2 aromatic rings. The molecule has 1 N–H and O–H groups in total. The Morgan fingerprint density at radius 2 is 1.74 bits per heavy atom. The number of methoxy groups -OCH3 is 1. The summed E-state index contributed by atoms with van der Waals surface area (Å²) in [5.41, 5.74) is 2.05. The molecule has 1 atom stereocenters. The van der Waals surface area contributed by atoms with Gasteiger partial charge in [-0.2, -0.15) is 0 Å². The SMILES string of the molecule is CCCCNC(=O)[C@@H](C)N(Cc1ccc(OC)cc1)C(=O)CSCc1ccc(Cl)cc1. The number of unbranched alkanes of at least 4 members (excludes halogenated alkanes) is 1. The number of nitrogens with one attached hydrogen (secondary N) is 1. The molecular weight excluding hydrogens is 432 g/mol. The first kappa shape index (κ1) is 25.1. The average molecular weight is 463 g/mol. The summed E-state index contributed by atoms with van der Waals surface area (Å²) in [7, 11) is 1.62. The first-order valence-electron chi connectivity index (χ1n) is 10.5. The van der Waals surface area contributed by atoms with Gasteiger partial charge in [0.2, 0.25) is 11.8 Å². The summed E-state index contributed by atoms with van der Waals surface area (Å²) in [6.07, 6.45) is 1.92. The van der Waals surface area contributed by atoms with Gasteiger partial charge in [-0.3, -0.25) is 9.59 Å². The van der Waals surface area contributed by atoms with Gasteiger partial charge in [0.1, 0.15) is 11.8 Å². The fourth-order valence-corrected chi connectivity index (χ4v) is 3.96. The largest absolute Gasteiger partial charge is 0.497 e. The van der Waals surface area contributed by atoms with Crippen LogP contribution in [0.2, 0.25) is 5.02 Å². The van der Waals surface area contributed by atoms with Gasteiger partial charge in [-0.25, -0.2) is 0 Å². The number of amides is 2. The summed E-state index contributed by atoms with van der Waals surface area (Å²) in [5, 5.41) is 3.63. The second kappa shape index (κ2) is 13.3. The maximum atomic E-state index is 13.1. The molecule has 0 aliphatic rings. The molecule has 2 aromatic carbocycles. The third kappa shape index (κ3) is 8.46. The van der Waals surface area contributed by atoms with Gasteiger partial charge in [-0.15, -0.1) is 11.8 Å². The van der Waals surface area contributed by atoms with Gasteiger partial charge in [0, 0.05) is 23.9 Å². The van der Waals surface area contributed by atoms with Crippen LogP contribution < -0.4 is 10.1 Å². The molecule has 0 spiro atoms. The van der Waals surface area contributed by atoms with E-state index in [0.717, 1.165) is 29.7 Å². The van der Waals surface area contributed by atoms with Crippen molar-refractivity contribution in [2.45, 2.75) is 45.0 Å². The van der Waals surface area contributed by atoms with E-state index in [9.17, 15) is 9.59 Å². The first-order valence-corrected chi connectivity index (χ1v) is 12.0. The van der Waals surface area contributed by atoms with Crippen molar-refractivity contribution >= 4 is 35.2 Å². The lowest BCUT2D eigenvalue weighted by molar-refractivity contribution is -0.138. The Morgan fingerprint density at radius 3 is 2.35 bits per heavy atom. The van der Waals surface area contributed by atoms with E-state index in [4.69, 9.17) is 16.3 Å².